The zero-order chi connectivity index (χ0) is 13.1. The molecule has 0 aromatic heterocycles. The molecule has 0 aliphatic heterocycles. The van der Waals surface area contributed by atoms with Gasteiger partial charge in [0.15, 0.2) is 0 Å². The van der Waals surface area contributed by atoms with Gasteiger partial charge >= 0.3 is 0 Å². The number of nitrogens with two attached hydrogens (primary N) is 1. The molecular formula is C9H12Br2N2O3S. The molecule has 0 aliphatic carbocycles. The van der Waals surface area contributed by atoms with Crippen molar-refractivity contribution in [1.82, 2.24) is 0 Å². The van der Waals surface area contributed by atoms with Crippen LogP contribution in [0.3, 0.4) is 0 Å². The first kappa shape index (κ1) is 14.7. The first-order chi connectivity index (χ1) is 7.89. The highest BCUT2D eigenvalue weighted by Crippen LogP contribution is 2.34. The fourth-order valence-corrected chi connectivity index (χ4v) is 3.44. The SMILES string of the molecule is COc1cc(NS(=O)(=O)CCN)c(Br)cc1Br. The predicted molar refractivity (Wildman–Crippen MR) is 74.9 cm³/mol. The number of benzene rings is 1. The highest BCUT2D eigenvalue weighted by Gasteiger charge is 2.13. The number of sulfonamides is 1. The van der Waals surface area contributed by atoms with Gasteiger partial charge in [-0.05, 0) is 37.9 Å². The van der Waals surface area contributed by atoms with E-state index in [4.69, 9.17) is 10.5 Å². The van der Waals surface area contributed by atoms with Crippen molar-refractivity contribution in [2.45, 2.75) is 0 Å². The molecule has 0 radical (unpaired) electrons. The summed E-state index contributed by atoms with van der Waals surface area (Å²) in [4.78, 5) is 0. The molecule has 0 amide bonds. The van der Waals surface area contributed by atoms with E-state index >= 15 is 0 Å². The number of hydrogen-bond acceptors (Lipinski definition) is 4. The molecule has 0 saturated heterocycles. The lowest BCUT2D eigenvalue weighted by Gasteiger charge is -2.11. The predicted octanol–water partition coefficient (Wildman–Crippen LogP) is 1.92. The lowest BCUT2D eigenvalue weighted by Crippen LogP contribution is -2.22. The van der Waals surface area contributed by atoms with Crippen molar-refractivity contribution in [2.24, 2.45) is 5.73 Å². The lowest BCUT2D eigenvalue weighted by molar-refractivity contribution is 0.412. The van der Waals surface area contributed by atoms with Crippen LogP contribution in [0.4, 0.5) is 5.69 Å². The molecule has 0 atom stereocenters. The minimum absolute atomic E-state index is 0.0701. The van der Waals surface area contributed by atoms with E-state index < -0.39 is 10.0 Å². The van der Waals surface area contributed by atoms with Crippen molar-refractivity contribution < 1.29 is 13.2 Å². The van der Waals surface area contributed by atoms with Gasteiger partial charge in [-0.25, -0.2) is 8.42 Å². The van der Waals surface area contributed by atoms with E-state index in [2.05, 4.69) is 36.6 Å². The van der Waals surface area contributed by atoms with E-state index in [1.54, 1.807) is 12.1 Å². The fourth-order valence-electron chi connectivity index (χ4n) is 1.14. The molecule has 0 bridgehead atoms. The standard InChI is InChI=1S/C9H12Br2N2O3S/c1-16-9-5-8(6(10)4-7(9)11)13-17(14,15)3-2-12/h4-5,13H,2-3,12H2,1H3. The maximum absolute atomic E-state index is 11.6. The van der Waals surface area contributed by atoms with Crippen LogP contribution < -0.4 is 15.2 Å². The van der Waals surface area contributed by atoms with Crippen LogP contribution >= 0.6 is 31.9 Å². The molecule has 8 heteroatoms. The van der Waals surface area contributed by atoms with E-state index in [0.717, 1.165) is 4.47 Å². The van der Waals surface area contributed by atoms with Crippen LogP contribution in [0.5, 0.6) is 5.75 Å². The quantitative estimate of drug-likeness (QED) is 0.808. The Morgan fingerprint density at radius 1 is 1.35 bits per heavy atom. The Morgan fingerprint density at radius 3 is 2.53 bits per heavy atom. The summed E-state index contributed by atoms with van der Waals surface area (Å²) in [5.41, 5.74) is 5.64. The van der Waals surface area contributed by atoms with Crippen molar-refractivity contribution >= 4 is 47.6 Å². The van der Waals surface area contributed by atoms with Gasteiger partial charge in [0.1, 0.15) is 5.75 Å². The highest BCUT2D eigenvalue weighted by molar-refractivity contribution is 9.11. The zero-order valence-electron chi connectivity index (χ0n) is 9.04. The van der Waals surface area contributed by atoms with Gasteiger partial charge in [-0.1, -0.05) is 0 Å². The Hall–Kier alpha value is -0.310. The lowest BCUT2D eigenvalue weighted by atomic mass is 10.3. The Labute approximate surface area is 117 Å². The molecule has 0 heterocycles. The number of methoxy groups -OCH3 is 1. The molecule has 3 N–H and O–H groups in total. The van der Waals surface area contributed by atoms with Crippen LogP contribution in [-0.4, -0.2) is 27.8 Å². The normalized spacial score (nSPS) is 11.3. The van der Waals surface area contributed by atoms with Gasteiger partial charge in [-0.2, -0.15) is 0 Å². The van der Waals surface area contributed by atoms with Gasteiger partial charge < -0.3 is 10.5 Å². The second-order valence-corrected chi connectivity index (χ2v) is 6.73. The summed E-state index contributed by atoms with van der Waals surface area (Å²) < 4.78 is 32.0. The van der Waals surface area contributed by atoms with E-state index in [0.29, 0.717) is 15.9 Å². The van der Waals surface area contributed by atoms with Crippen LogP contribution in [0, 0.1) is 0 Å². The van der Waals surface area contributed by atoms with Gasteiger partial charge in [0.25, 0.3) is 0 Å². The molecule has 5 nitrogen and oxygen atoms in total. The van der Waals surface area contributed by atoms with E-state index in [9.17, 15) is 8.42 Å². The maximum atomic E-state index is 11.6. The Balaban J connectivity index is 3.07. The third-order valence-corrected chi connectivity index (χ3v) is 4.47. The van der Waals surface area contributed by atoms with Crippen molar-refractivity contribution in [2.75, 3.05) is 24.1 Å². The monoisotopic (exact) mass is 386 g/mol. The third kappa shape index (κ3) is 4.13. The molecule has 0 spiro atoms. The Kier molecular flexibility index (Phi) is 5.23. The average Bonchev–Trinajstić information content (AvgIpc) is 2.21. The van der Waals surface area contributed by atoms with Crippen molar-refractivity contribution in [3.8, 4) is 5.75 Å². The number of ether oxygens (including phenoxy) is 1. The number of anilines is 1. The first-order valence-electron chi connectivity index (χ1n) is 4.63. The number of hydrogen-bond donors (Lipinski definition) is 2. The minimum Gasteiger partial charge on any atom is -0.495 e. The molecule has 17 heavy (non-hydrogen) atoms. The summed E-state index contributed by atoms with van der Waals surface area (Å²) in [6.45, 7) is 0.0701. The summed E-state index contributed by atoms with van der Waals surface area (Å²) in [7, 11) is -1.91. The topological polar surface area (TPSA) is 81.4 Å². The molecule has 1 aromatic rings. The first-order valence-corrected chi connectivity index (χ1v) is 7.87. The van der Waals surface area contributed by atoms with E-state index in [-0.39, 0.29) is 12.3 Å². The smallest absolute Gasteiger partial charge is 0.234 e. The number of nitrogens with one attached hydrogen (secondary N) is 1. The van der Waals surface area contributed by atoms with Crippen LogP contribution in [0.2, 0.25) is 0 Å². The van der Waals surface area contributed by atoms with Gasteiger partial charge in [0, 0.05) is 17.1 Å². The van der Waals surface area contributed by atoms with Crippen LogP contribution in [0.25, 0.3) is 0 Å². The molecule has 0 fully saturated rings. The van der Waals surface area contributed by atoms with Gasteiger partial charge in [-0.3, -0.25) is 4.72 Å². The van der Waals surface area contributed by atoms with Gasteiger partial charge in [0.2, 0.25) is 10.0 Å². The van der Waals surface area contributed by atoms with E-state index in [1.807, 2.05) is 0 Å². The maximum Gasteiger partial charge on any atom is 0.234 e. The number of rotatable bonds is 5. The largest absolute Gasteiger partial charge is 0.495 e. The molecular weight excluding hydrogens is 376 g/mol. The molecule has 96 valence electrons. The van der Waals surface area contributed by atoms with Gasteiger partial charge in [-0.15, -0.1) is 0 Å². The van der Waals surface area contributed by atoms with Gasteiger partial charge in [0.05, 0.1) is 23.0 Å². The fraction of sp³-hybridized carbons (Fsp3) is 0.333. The highest BCUT2D eigenvalue weighted by atomic mass is 79.9. The van der Waals surface area contributed by atoms with Crippen LogP contribution in [-0.2, 0) is 10.0 Å². The van der Waals surface area contributed by atoms with Crippen molar-refractivity contribution in [1.29, 1.82) is 0 Å². The van der Waals surface area contributed by atoms with Crippen LogP contribution in [0.15, 0.2) is 21.1 Å². The van der Waals surface area contributed by atoms with Crippen LogP contribution in [0.1, 0.15) is 0 Å². The molecule has 0 aliphatic rings. The Bertz CT molecular complexity index is 505. The molecule has 1 aromatic carbocycles. The summed E-state index contributed by atoms with van der Waals surface area (Å²) in [6.07, 6.45) is 0. The molecule has 1 rings (SSSR count). The average molecular weight is 388 g/mol. The summed E-state index contributed by atoms with van der Waals surface area (Å²) in [6, 6.07) is 3.29. The second-order valence-electron chi connectivity index (χ2n) is 3.18. The summed E-state index contributed by atoms with van der Waals surface area (Å²) >= 11 is 6.57. The zero-order valence-corrected chi connectivity index (χ0v) is 13.0. The third-order valence-electron chi connectivity index (χ3n) is 1.89. The summed E-state index contributed by atoms with van der Waals surface area (Å²) in [5.74, 6) is 0.413. The van der Waals surface area contributed by atoms with E-state index in [1.165, 1.54) is 7.11 Å². The minimum atomic E-state index is -3.42. The van der Waals surface area contributed by atoms with Crippen molar-refractivity contribution in [3.05, 3.63) is 21.1 Å². The number of halogens is 2. The molecule has 0 unspecified atom stereocenters. The summed E-state index contributed by atoms with van der Waals surface area (Å²) in [5, 5.41) is 0. The molecule has 0 saturated carbocycles. The second kappa shape index (κ2) is 6.03. The van der Waals surface area contributed by atoms with Crippen molar-refractivity contribution in [3.63, 3.8) is 0 Å². The Morgan fingerprint density at radius 2 is 2.00 bits per heavy atom.